The van der Waals surface area contributed by atoms with Crippen molar-refractivity contribution in [3.8, 4) is 34.0 Å². The van der Waals surface area contributed by atoms with E-state index in [-0.39, 0.29) is 4.90 Å². The largest absolute Gasteiger partial charge is 0.297 e. The maximum absolute atomic E-state index is 11.9. The van der Waals surface area contributed by atoms with Crippen LogP contribution in [0, 0.1) is 0 Å². The van der Waals surface area contributed by atoms with Crippen molar-refractivity contribution >= 4 is 33.0 Å². The Balaban J connectivity index is 1.62. The normalized spacial score (nSPS) is 11.6. The summed E-state index contributed by atoms with van der Waals surface area (Å²) in [5.74, 6) is 1.25. The number of sulfone groups is 1. The van der Waals surface area contributed by atoms with Crippen molar-refractivity contribution in [2.24, 2.45) is 0 Å². The molecule has 9 heteroatoms. The van der Waals surface area contributed by atoms with E-state index in [9.17, 15) is 8.42 Å². The Morgan fingerprint density at radius 2 is 1.59 bits per heavy atom. The molecule has 5 aromatic rings. The van der Waals surface area contributed by atoms with E-state index in [1.165, 1.54) is 6.26 Å². The zero-order valence-electron chi connectivity index (χ0n) is 17.9. The van der Waals surface area contributed by atoms with Crippen LogP contribution in [0.15, 0.2) is 96.5 Å². The Morgan fingerprint density at radius 3 is 2.24 bits per heavy atom. The van der Waals surface area contributed by atoms with Crippen LogP contribution in [-0.2, 0) is 9.84 Å². The molecule has 34 heavy (non-hydrogen) atoms. The molecule has 0 amide bonds. The molecule has 0 aliphatic rings. The summed E-state index contributed by atoms with van der Waals surface area (Å²) in [5.41, 5.74) is 3.17. The molecule has 0 fully saturated rings. The zero-order chi connectivity index (χ0) is 23.9. The number of benzene rings is 3. The molecule has 0 saturated carbocycles. The van der Waals surface area contributed by atoms with Gasteiger partial charge in [-0.05, 0) is 47.5 Å². The molecule has 0 atom stereocenters. The first-order valence-corrected chi connectivity index (χ1v) is 12.9. The van der Waals surface area contributed by atoms with Crippen LogP contribution in [0.25, 0.3) is 34.0 Å². The van der Waals surface area contributed by atoms with Gasteiger partial charge in [0.2, 0.25) is 0 Å². The third-order valence-electron chi connectivity index (χ3n) is 5.39. The van der Waals surface area contributed by atoms with Gasteiger partial charge in [0.15, 0.2) is 15.7 Å². The summed E-state index contributed by atoms with van der Waals surface area (Å²) < 4.78 is 27.6. The van der Waals surface area contributed by atoms with Gasteiger partial charge >= 0.3 is 0 Å². The highest BCUT2D eigenvalue weighted by Gasteiger charge is 2.18. The molecule has 170 valence electrons. The van der Waals surface area contributed by atoms with E-state index in [2.05, 4.69) is 4.98 Å². The van der Waals surface area contributed by atoms with E-state index in [1.54, 1.807) is 53.5 Å². The molecule has 3 aromatic carbocycles. The maximum Gasteiger partial charge on any atom is 0.175 e. The average molecular weight is 509 g/mol. The zero-order valence-corrected chi connectivity index (χ0v) is 20.3. The molecule has 0 N–H and O–H groups in total. The van der Waals surface area contributed by atoms with E-state index in [4.69, 9.17) is 28.2 Å². The Bertz CT molecular complexity index is 1570. The van der Waals surface area contributed by atoms with E-state index in [0.717, 1.165) is 16.8 Å². The second kappa shape index (κ2) is 8.76. The number of aromatic nitrogens is 4. The van der Waals surface area contributed by atoms with Gasteiger partial charge < -0.3 is 0 Å². The lowest BCUT2D eigenvalue weighted by atomic mass is 10.1. The lowest BCUT2D eigenvalue weighted by molar-refractivity contribution is 0.602. The van der Waals surface area contributed by atoms with Gasteiger partial charge in [-0.2, -0.15) is 0 Å². The summed E-state index contributed by atoms with van der Waals surface area (Å²) >= 11 is 13.0. The standard InChI is InChI=1S/C25H18Cl2N4O2S/c1-34(32,33)20-5-2-4-18(14-20)17-8-10-19(11-9-17)31-15-23(30-13-12-28-16-30)29-25(31)24-21(26)6-3-7-22(24)27/h2-16H,1H3. The average Bonchev–Trinajstić information content (AvgIpc) is 3.49. The number of hydrogen-bond acceptors (Lipinski definition) is 4. The predicted molar refractivity (Wildman–Crippen MR) is 135 cm³/mol. The molecule has 0 spiro atoms. The van der Waals surface area contributed by atoms with E-state index in [0.29, 0.717) is 27.3 Å². The molecule has 0 aliphatic heterocycles. The summed E-state index contributed by atoms with van der Waals surface area (Å²) in [6, 6.07) is 20.0. The minimum atomic E-state index is -3.29. The second-order valence-corrected chi connectivity index (χ2v) is 10.5. The van der Waals surface area contributed by atoms with Gasteiger partial charge in [-0.1, -0.05) is 53.5 Å². The summed E-state index contributed by atoms with van der Waals surface area (Å²) in [7, 11) is -3.29. The Morgan fingerprint density at radius 1 is 0.882 bits per heavy atom. The van der Waals surface area contributed by atoms with Gasteiger partial charge in [0.1, 0.15) is 12.2 Å². The number of rotatable bonds is 5. The molecule has 0 aliphatic carbocycles. The fourth-order valence-electron chi connectivity index (χ4n) is 3.69. The summed E-state index contributed by atoms with van der Waals surface area (Å²) in [6.07, 6.45) is 8.25. The molecule has 0 bridgehead atoms. The van der Waals surface area contributed by atoms with Gasteiger partial charge in [-0.25, -0.2) is 18.4 Å². The summed E-state index contributed by atoms with van der Waals surface area (Å²) in [4.78, 5) is 9.18. The van der Waals surface area contributed by atoms with Gasteiger partial charge in [-0.3, -0.25) is 9.13 Å². The fourth-order valence-corrected chi connectivity index (χ4v) is 4.93. The smallest absolute Gasteiger partial charge is 0.175 e. The van der Waals surface area contributed by atoms with Crippen molar-refractivity contribution in [2.45, 2.75) is 4.90 Å². The number of hydrogen-bond donors (Lipinski definition) is 0. The Hall–Kier alpha value is -3.39. The van der Waals surface area contributed by atoms with Crippen LogP contribution in [0.1, 0.15) is 0 Å². The van der Waals surface area contributed by atoms with Gasteiger partial charge in [0.05, 0.1) is 26.7 Å². The number of nitrogens with zero attached hydrogens (tertiary/aromatic N) is 4. The van der Waals surface area contributed by atoms with Crippen LogP contribution in [0.5, 0.6) is 0 Å². The van der Waals surface area contributed by atoms with Crippen molar-refractivity contribution in [2.75, 3.05) is 6.26 Å². The van der Waals surface area contributed by atoms with Crippen LogP contribution in [0.2, 0.25) is 10.0 Å². The lowest BCUT2D eigenvalue weighted by Gasteiger charge is -2.11. The molecule has 2 heterocycles. The quantitative estimate of drug-likeness (QED) is 0.287. The molecule has 6 nitrogen and oxygen atoms in total. The minimum absolute atomic E-state index is 0.282. The van der Waals surface area contributed by atoms with Crippen molar-refractivity contribution in [3.05, 3.63) is 102 Å². The molecular weight excluding hydrogens is 491 g/mol. The molecule has 0 radical (unpaired) electrons. The lowest BCUT2D eigenvalue weighted by Crippen LogP contribution is -1.98. The highest BCUT2D eigenvalue weighted by Crippen LogP contribution is 2.36. The third-order valence-corrected chi connectivity index (χ3v) is 7.13. The van der Waals surface area contributed by atoms with E-state index < -0.39 is 9.84 Å². The predicted octanol–water partition coefficient (Wildman–Crippen LogP) is 6.10. The van der Waals surface area contributed by atoms with Crippen molar-refractivity contribution in [3.63, 3.8) is 0 Å². The first-order valence-electron chi connectivity index (χ1n) is 10.2. The van der Waals surface area contributed by atoms with Gasteiger partial charge in [0, 0.05) is 24.3 Å². The Labute approximate surface area is 207 Å². The second-order valence-electron chi connectivity index (χ2n) is 7.71. The SMILES string of the molecule is CS(=O)(=O)c1cccc(-c2ccc(-n3cc(-n4ccnc4)nc3-c3c(Cl)cccc3Cl)cc2)c1. The van der Waals surface area contributed by atoms with Crippen molar-refractivity contribution in [1.82, 2.24) is 19.1 Å². The summed E-state index contributed by atoms with van der Waals surface area (Å²) in [6.45, 7) is 0. The highest BCUT2D eigenvalue weighted by atomic mass is 35.5. The van der Waals surface area contributed by atoms with E-state index >= 15 is 0 Å². The highest BCUT2D eigenvalue weighted by molar-refractivity contribution is 7.90. The third kappa shape index (κ3) is 4.25. The first kappa shape index (κ1) is 22.4. The van der Waals surface area contributed by atoms with Gasteiger partial charge in [0.25, 0.3) is 0 Å². The number of imidazole rings is 2. The minimum Gasteiger partial charge on any atom is -0.297 e. The summed E-state index contributed by atoms with van der Waals surface area (Å²) in [5, 5.41) is 0.983. The van der Waals surface area contributed by atoms with Crippen LogP contribution in [0.3, 0.4) is 0 Å². The molecule has 0 unspecified atom stereocenters. The van der Waals surface area contributed by atoms with Gasteiger partial charge in [-0.15, -0.1) is 0 Å². The van der Waals surface area contributed by atoms with Crippen LogP contribution in [-0.4, -0.2) is 33.8 Å². The molecule has 2 aromatic heterocycles. The molecule has 0 saturated heterocycles. The molecule has 5 rings (SSSR count). The van der Waals surface area contributed by atoms with Crippen LogP contribution in [0.4, 0.5) is 0 Å². The Kier molecular flexibility index (Phi) is 5.77. The monoisotopic (exact) mass is 508 g/mol. The van der Waals surface area contributed by atoms with Crippen molar-refractivity contribution < 1.29 is 8.42 Å². The van der Waals surface area contributed by atoms with E-state index in [1.807, 2.05) is 47.3 Å². The first-order chi connectivity index (χ1) is 16.3. The molecular formula is C25H18Cl2N4O2S. The van der Waals surface area contributed by atoms with Crippen molar-refractivity contribution in [1.29, 1.82) is 0 Å². The number of halogens is 2. The fraction of sp³-hybridized carbons (Fsp3) is 0.0400. The maximum atomic E-state index is 11.9. The topological polar surface area (TPSA) is 69.8 Å². The van der Waals surface area contributed by atoms with Crippen LogP contribution < -0.4 is 0 Å². The van der Waals surface area contributed by atoms with Crippen LogP contribution >= 0.6 is 23.2 Å².